The fraction of sp³-hybridized carbons (Fsp3) is 0.625. The highest BCUT2D eigenvalue weighted by molar-refractivity contribution is 5.99. The Morgan fingerprint density at radius 3 is 2.56 bits per heavy atom. The lowest BCUT2D eigenvalue weighted by atomic mass is 9.67. The van der Waals surface area contributed by atoms with Crippen molar-refractivity contribution in [1.29, 1.82) is 0 Å². The van der Waals surface area contributed by atoms with Crippen molar-refractivity contribution in [2.24, 2.45) is 11.3 Å². The maximum Gasteiger partial charge on any atom is 0.161 e. The molecule has 0 radical (unpaired) electrons. The Morgan fingerprint density at radius 2 is 2.06 bits per heavy atom. The topological polar surface area (TPSA) is 34.1 Å². The SMILES string of the molecule is CCCC1CC(C)(C)C(/C=C/C(C)=O)=C(C)C1=O. The van der Waals surface area contributed by atoms with Gasteiger partial charge in [-0.05, 0) is 49.3 Å². The van der Waals surface area contributed by atoms with Crippen LogP contribution in [0.5, 0.6) is 0 Å². The van der Waals surface area contributed by atoms with Crippen molar-refractivity contribution >= 4 is 11.6 Å². The molecule has 0 N–H and O–H groups in total. The smallest absolute Gasteiger partial charge is 0.161 e. The van der Waals surface area contributed by atoms with Crippen molar-refractivity contribution in [3.8, 4) is 0 Å². The van der Waals surface area contributed by atoms with E-state index in [2.05, 4.69) is 20.8 Å². The van der Waals surface area contributed by atoms with Crippen LogP contribution in [0.25, 0.3) is 0 Å². The van der Waals surface area contributed by atoms with E-state index in [9.17, 15) is 9.59 Å². The van der Waals surface area contributed by atoms with Crippen LogP contribution in [0, 0.1) is 11.3 Å². The lowest BCUT2D eigenvalue weighted by molar-refractivity contribution is -0.121. The van der Waals surface area contributed by atoms with Crippen LogP contribution in [0.3, 0.4) is 0 Å². The maximum atomic E-state index is 12.3. The van der Waals surface area contributed by atoms with E-state index in [1.807, 2.05) is 13.0 Å². The zero-order valence-corrected chi connectivity index (χ0v) is 12.2. The second-order valence-electron chi connectivity index (χ2n) is 5.92. The first kappa shape index (κ1) is 14.9. The molecule has 0 aromatic heterocycles. The Labute approximate surface area is 110 Å². The van der Waals surface area contributed by atoms with E-state index in [0.29, 0.717) is 0 Å². The fourth-order valence-corrected chi connectivity index (χ4v) is 2.90. The van der Waals surface area contributed by atoms with Gasteiger partial charge >= 0.3 is 0 Å². The fourth-order valence-electron chi connectivity index (χ4n) is 2.90. The van der Waals surface area contributed by atoms with E-state index < -0.39 is 0 Å². The van der Waals surface area contributed by atoms with Gasteiger partial charge in [-0.1, -0.05) is 33.3 Å². The van der Waals surface area contributed by atoms with Crippen LogP contribution in [-0.2, 0) is 9.59 Å². The molecule has 2 nitrogen and oxygen atoms in total. The summed E-state index contributed by atoms with van der Waals surface area (Å²) in [6, 6.07) is 0. The zero-order valence-electron chi connectivity index (χ0n) is 12.2. The highest BCUT2D eigenvalue weighted by Gasteiger charge is 2.36. The highest BCUT2D eigenvalue weighted by Crippen LogP contribution is 2.43. The third-order valence-electron chi connectivity index (χ3n) is 3.75. The van der Waals surface area contributed by atoms with Gasteiger partial charge in [0.15, 0.2) is 11.6 Å². The molecule has 1 aliphatic carbocycles. The van der Waals surface area contributed by atoms with Crippen molar-refractivity contribution in [3.63, 3.8) is 0 Å². The molecule has 0 spiro atoms. The Balaban J connectivity index is 3.13. The molecule has 18 heavy (non-hydrogen) atoms. The minimum Gasteiger partial charge on any atom is -0.295 e. The predicted molar refractivity (Wildman–Crippen MR) is 74.3 cm³/mol. The summed E-state index contributed by atoms with van der Waals surface area (Å²) in [7, 11) is 0. The van der Waals surface area contributed by atoms with E-state index in [-0.39, 0.29) is 22.9 Å². The van der Waals surface area contributed by atoms with Gasteiger partial charge in [0, 0.05) is 5.92 Å². The van der Waals surface area contributed by atoms with Crippen LogP contribution in [-0.4, -0.2) is 11.6 Å². The van der Waals surface area contributed by atoms with Crippen LogP contribution in [0.15, 0.2) is 23.3 Å². The summed E-state index contributed by atoms with van der Waals surface area (Å²) in [6.07, 6.45) is 6.28. The lowest BCUT2D eigenvalue weighted by Crippen LogP contribution is -2.32. The molecule has 0 aliphatic heterocycles. The third kappa shape index (κ3) is 3.18. The molecule has 100 valence electrons. The summed E-state index contributed by atoms with van der Waals surface area (Å²) in [5, 5.41) is 0. The van der Waals surface area contributed by atoms with Crippen LogP contribution in [0.4, 0.5) is 0 Å². The first-order chi connectivity index (χ1) is 8.29. The summed E-state index contributed by atoms with van der Waals surface area (Å²) < 4.78 is 0. The molecule has 0 bridgehead atoms. The molecule has 0 aromatic carbocycles. The van der Waals surface area contributed by atoms with E-state index in [4.69, 9.17) is 0 Å². The largest absolute Gasteiger partial charge is 0.295 e. The van der Waals surface area contributed by atoms with Gasteiger partial charge in [-0.25, -0.2) is 0 Å². The summed E-state index contributed by atoms with van der Waals surface area (Å²) in [5.74, 6) is 0.438. The summed E-state index contributed by atoms with van der Waals surface area (Å²) in [4.78, 5) is 23.3. The first-order valence-corrected chi connectivity index (χ1v) is 6.73. The van der Waals surface area contributed by atoms with Crippen molar-refractivity contribution in [2.45, 2.75) is 53.9 Å². The first-order valence-electron chi connectivity index (χ1n) is 6.73. The molecule has 2 heteroatoms. The summed E-state index contributed by atoms with van der Waals surface area (Å²) in [6.45, 7) is 9.86. The molecule has 0 aromatic rings. The quantitative estimate of drug-likeness (QED) is 0.708. The molecule has 0 amide bonds. The molecule has 0 fully saturated rings. The van der Waals surface area contributed by atoms with Crippen molar-refractivity contribution < 1.29 is 9.59 Å². The van der Waals surface area contributed by atoms with E-state index in [0.717, 1.165) is 30.4 Å². The number of allylic oxidation sites excluding steroid dienone is 4. The van der Waals surface area contributed by atoms with Crippen LogP contribution >= 0.6 is 0 Å². The average molecular weight is 248 g/mol. The number of hydrogen-bond acceptors (Lipinski definition) is 2. The molecule has 0 heterocycles. The van der Waals surface area contributed by atoms with Gasteiger partial charge < -0.3 is 0 Å². The molecule has 1 rings (SSSR count). The number of Topliss-reactive ketones (excluding diaryl/α,β-unsaturated/α-hetero) is 1. The Hall–Kier alpha value is -1.18. The third-order valence-corrected chi connectivity index (χ3v) is 3.75. The van der Waals surface area contributed by atoms with Gasteiger partial charge in [0.25, 0.3) is 0 Å². The van der Waals surface area contributed by atoms with Gasteiger partial charge in [-0.3, -0.25) is 9.59 Å². The number of carbonyl (C=O) groups is 2. The average Bonchev–Trinajstić information content (AvgIpc) is 2.24. The Morgan fingerprint density at radius 1 is 1.44 bits per heavy atom. The number of hydrogen-bond donors (Lipinski definition) is 0. The molecular formula is C16H24O2. The van der Waals surface area contributed by atoms with E-state index in [1.54, 1.807) is 6.08 Å². The number of carbonyl (C=O) groups excluding carboxylic acids is 2. The van der Waals surface area contributed by atoms with Crippen molar-refractivity contribution in [3.05, 3.63) is 23.3 Å². The maximum absolute atomic E-state index is 12.3. The van der Waals surface area contributed by atoms with Crippen LogP contribution in [0.1, 0.15) is 53.9 Å². The number of ketones is 2. The zero-order chi connectivity index (χ0) is 13.9. The van der Waals surface area contributed by atoms with Gasteiger partial charge in [0.1, 0.15) is 0 Å². The molecular weight excluding hydrogens is 224 g/mol. The molecule has 0 saturated heterocycles. The minimum atomic E-state index is -0.0240. The summed E-state index contributed by atoms with van der Waals surface area (Å²) >= 11 is 0. The van der Waals surface area contributed by atoms with Gasteiger partial charge in [0.2, 0.25) is 0 Å². The molecule has 1 aliphatic rings. The molecule has 1 unspecified atom stereocenters. The lowest BCUT2D eigenvalue weighted by Gasteiger charge is -2.36. The van der Waals surface area contributed by atoms with Crippen molar-refractivity contribution in [1.82, 2.24) is 0 Å². The molecule has 0 saturated carbocycles. The Kier molecular flexibility index (Phi) is 4.66. The van der Waals surface area contributed by atoms with Crippen LogP contribution < -0.4 is 0 Å². The van der Waals surface area contributed by atoms with Crippen molar-refractivity contribution in [2.75, 3.05) is 0 Å². The van der Waals surface area contributed by atoms with Gasteiger partial charge in [-0.2, -0.15) is 0 Å². The predicted octanol–water partition coefficient (Wildman–Crippen LogP) is 3.86. The Bertz CT molecular complexity index is 411. The number of rotatable bonds is 4. The van der Waals surface area contributed by atoms with Crippen LogP contribution in [0.2, 0.25) is 0 Å². The van der Waals surface area contributed by atoms with E-state index in [1.165, 1.54) is 6.92 Å². The summed E-state index contributed by atoms with van der Waals surface area (Å²) in [5.41, 5.74) is 1.83. The normalized spacial score (nSPS) is 23.8. The van der Waals surface area contributed by atoms with Gasteiger partial charge in [-0.15, -0.1) is 0 Å². The highest BCUT2D eigenvalue weighted by atomic mass is 16.1. The second kappa shape index (κ2) is 5.64. The standard InChI is InChI=1S/C16H24O2/c1-6-7-13-10-16(4,5)14(9-8-11(2)17)12(3)15(13)18/h8-9,13H,6-7,10H2,1-5H3/b9-8+. The van der Waals surface area contributed by atoms with Gasteiger partial charge in [0.05, 0.1) is 0 Å². The van der Waals surface area contributed by atoms with E-state index >= 15 is 0 Å². The second-order valence-corrected chi connectivity index (χ2v) is 5.92. The molecule has 1 atom stereocenters. The monoisotopic (exact) mass is 248 g/mol. The minimum absolute atomic E-state index is 0.0224.